The first kappa shape index (κ1) is 11.3. The second-order valence-corrected chi connectivity index (χ2v) is 5.38. The summed E-state index contributed by atoms with van der Waals surface area (Å²) in [5.41, 5.74) is 5.93. The van der Waals surface area contributed by atoms with Crippen LogP contribution in [0.3, 0.4) is 0 Å². The number of primary sulfonamides is 1. The fourth-order valence-electron chi connectivity index (χ4n) is 1.63. The first-order valence-corrected chi connectivity index (χ1v) is 6.25. The van der Waals surface area contributed by atoms with E-state index in [2.05, 4.69) is 0 Å². The van der Waals surface area contributed by atoms with Crippen molar-refractivity contribution in [1.29, 1.82) is 0 Å². The standard InChI is InChI=1S/C9H12FN3O2S/c10-8-3-7(16(12,14)15)1-2-9(8)13-4-6(11)5-13/h1-3,6H,4-5,11H2,(H2,12,14,15). The summed E-state index contributed by atoms with van der Waals surface area (Å²) < 4.78 is 35.5. The topological polar surface area (TPSA) is 89.4 Å². The van der Waals surface area contributed by atoms with Crippen LogP contribution in [0, 0.1) is 5.82 Å². The Morgan fingerprint density at radius 2 is 2.00 bits per heavy atom. The highest BCUT2D eigenvalue weighted by Crippen LogP contribution is 2.25. The minimum absolute atomic E-state index is 0.0531. The highest BCUT2D eigenvalue weighted by atomic mass is 32.2. The lowest BCUT2D eigenvalue weighted by Gasteiger charge is -2.38. The molecule has 1 aliphatic rings. The molecule has 5 nitrogen and oxygen atoms in total. The number of sulfonamides is 1. The molecule has 0 radical (unpaired) electrons. The third kappa shape index (κ3) is 2.01. The Hall–Kier alpha value is -1.18. The summed E-state index contributed by atoms with van der Waals surface area (Å²) in [6, 6.07) is 3.67. The molecule has 88 valence electrons. The molecule has 0 amide bonds. The second-order valence-electron chi connectivity index (χ2n) is 3.82. The number of halogens is 1. The predicted octanol–water partition coefficient (Wildman–Crippen LogP) is -0.380. The van der Waals surface area contributed by atoms with Gasteiger partial charge in [0.1, 0.15) is 5.82 Å². The van der Waals surface area contributed by atoms with Gasteiger partial charge in [-0.2, -0.15) is 0 Å². The largest absolute Gasteiger partial charge is 0.366 e. The minimum Gasteiger partial charge on any atom is -0.366 e. The van der Waals surface area contributed by atoms with E-state index in [4.69, 9.17) is 10.9 Å². The molecule has 2 rings (SSSR count). The van der Waals surface area contributed by atoms with Crippen molar-refractivity contribution in [3.05, 3.63) is 24.0 Å². The molecule has 16 heavy (non-hydrogen) atoms. The SMILES string of the molecule is NC1CN(c2ccc(S(N)(=O)=O)cc2F)C1. The van der Waals surface area contributed by atoms with Gasteiger partial charge in [-0.1, -0.05) is 0 Å². The number of nitrogens with two attached hydrogens (primary N) is 2. The van der Waals surface area contributed by atoms with E-state index in [1.165, 1.54) is 12.1 Å². The molecule has 7 heteroatoms. The minimum atomic E-state index is -3.85. The summed E-state index contributed by atoms with van der Waals surface area (Å²) in [7, 11) is -3.85. The van der Waals surface area contributed by atoms with Gasteiger partial charge in [0, 0.05) is 19.1 Å². The summed E-state index contributed by atoms with van der Waals surface area (Å²) in [4.78, 5) is 1.52. The Morgan fingerprint density at radius 1 is 1.38 bits per heavy atom. The molecule has 0 aliphatic carbocycles. The maximum Gasteiger partial charge on any atom is 0.238 e. The van der Waals surface area contributed by atoms with Crippen LogP contribution in [0.25, 0.3) is 0 Å². The van der Waals surface area contributed by atoms with Crippen molar-refractivity contribution in [3.63, 3.8) is 0 Å². The third-order valence-corrected chi connectivity index (χ3v) is 3.41. The average Bonchev–Trinajstić information content (AvgIpc) is 2.12. The monoisotopic (exact) mass is 245 g/mol. The lowest BCUT2D eigenvalue weighted by molar-refractivity contribution is 0.504. The molecular formula is C9H12FN3O2S. The van der Waals surface area contributed by atoms with Crippen molar-refractivity contribution < 1.29 is 12.8 Å². The molecule has 0 bridgehead atoms. The molecule has 1 aromatic carbocycles. The lowest BCUT2D eigenvalue weighted by Crippen LogP contribution is -2.56. The molecule has 0 aromatic heterocycles. The predicted molar refractivity (Wildman–Crippen MR) is 58.0 cm³/mol. The quantitative estimate of drug-likeness (QED) is 0.743. The van der Waals surface area contributed by atoms with Gasteiger partial charge in [0.25, 0.3) is 0 Å². The van der Waals surface area contributed by atoms with Crippen LogP contribution in [0.2, 0.25) is 0 Å². The number of nitrogens with zero attached hydrogens (tertiary/aromatic N) is 1. The average molecular weight is 245 g/mol. The van der Waals surface area contributed by atoms with Gasteiger partial charge < -0.3 is 10.6 Å². The fourth-order valence-corrected chi connectivity index (χ4v) is 2.16. The van der Waals surface area contributed by atoms with E-state index in [-0.39, 0.29) is 10.9 Å². The zero-order chi connectivity index (χ0) is 11.9. The van der Waals surface area contributed by atoms with Gasteiger partial charge in [0.15, 0.2) is 0 Å². The fraction of sp³-hybridized carbons (Fsp3) is 0.333. The lowest BCUT2D eigenvalue weighted by atomic mass is 10.1. The van der Waals surface area contributed by atoms with E-state index in [0.717, 1.165) is 6.07 Å². The van der Waals surface area contributed by atoms with Crippen molar-refractivity contribution in [2.24, 2.45) is 10.9 Å². The van der Waals surface area contributed by atoms with E-state index in [1.807, 2.05) is 0 Å². The van der Waals surface area contributed by atoms with Gasteiger partial charge in [-0.3, -0.25) is 0 Å². The number of benzene rings is 1. The third-order valence-electron chi connectivity index (χ3n) is 2.50. The first-order valence-electron chi connectivity index (χ1n) is 4.71. The van der Waals surface area contributed by atoms with Gasteiger partial charge in [-0.25, -0.2) is 17.9 Å². The number of anilines is 1. The maximum atomic E-state index is 13.6. The van der Waals surface area contributed by atoms with E-state index < -0.39 is 15.8 Å². The molecule has 1 saturated heterocycles. The summed E-state index contributed by atoms with van der Waals surface area (Å²) in [6.07, 6.45) is 0. The van der Waals surface area contributed by atoms with Crippen molar-refractivity contribution in [2.45, 2.75) is 10.9 Å². The van der Waals surface area contributed by atoms with E-state index in [9.17, 15) is 12.8 Å². The van der Waals surface area contributed by atoms with Crippen molar-refractivity contribution in [2.75, 3.05) is 18.0 Å². The van der Waals surface area contributed by atoms with Gasteiger partial charge in [-0.15, -0.1) is 0 Å². The number of rotatable bonds is 2. The second kappa shape index (κ2) is 3.69. The normalized spacial score (nSPS) is 17.3. The van der Waals surface area contributed by atoms with Crippen LogP contribution in [-0.2, 0) is 10.0 Å². The van der Waals surface area contributed by atoms with Gasteiger partial charge >= 0.3 is 0 Å². The number of hydrogen-bond donors (Lipinski definition) is 2. The molecule has 0 unspecified atom stereocenters. The van der Waals surface area contributed by atoms with Crippen LogP contribution in [0.1, 0.15) is 0 Å². The molecular weight excluding hydrogens is 233 g/mol. The Kier molecular flexibility index (Phi) is 2.61. The molecule has 0 spiro atoms. The summed E-state index contributed by atoms with van der Waals surface area (Å²) >= 11 is 0. The Morgan fingerprint density at radius 3 is 2.44 bits per heavy atom. The first-order chi connectivity index (χ1) is 7.38. The molecule has 1 aliphatic heterocycles. The molecule has 1 heterocycles. The van der Waals surface area contributed by atoms with Crippen molar-refractivity contribution >= 4 is 15.7 Å². The Bertz CT molecular complexity index is 511. The maximum absolute atomic E-state index is 13.6. The van der Waals surface area contributed by atoms with E-state index in [1.54, 1.807) is 4.90 Å². The van der Waals surface area contributed by atoms with Gasteiger partial charge in [0.2, 0.25) is 10.0 Å². The molecule has 0 atom stereocenters. The van der Waals surface area contributed by atoms with Crippen LogP contribution in [-0.4, -0.2) is 27.5 Å². The van der Waals surface area contributed by atoms with Gasteiger partial charge in [-0.05, 0) is 18.2 Å². The summed E-state index contributed by atoms with van der Waals surface area (Å²) in [6.45, 7) is 1.15. The number of hydrogen-bond acceptors (Lipinski definition) is 4. The Balaban J connectivity index is 2.31. The Labute approximate surface area is 92.9 Å². The van der Waals surface area contributed by atoms with Crippen molar-refractivity contribution in [1.82, 2.24) is 0 Å². The van der Waals surface area contributed by atoms with Crippen LogP contribution in [0.15, 0.2) is 23.1 Å². The smallest absolute Gasteiger partial charge is 0.238 e. The molecule has 1 aromatic rings. The summed E-state index contributed by atoms with van der Waals surface area (Å²) in [5, 5.41) is 4.89. The van der Waals surface area contributed by atoms with Crippen molar-refractivity contribution in [3.8, 4) is 0 Å². The van der Waals surface area contributed by atoms with Crippen LogP contribution in [0.5, 0.6) is 0 Å². The zero-order valence-electron chi connectivity index (χ0n) is 8.43. The highest BCUT2D eigenvalue weighted by Gasteiger charge is 2.26. The van der Waals surface area contributed by atoms with Crippen LogP contribution in [0.4, 0.5) is 10.1 Å². The van der Waals surface area contributed by atoms with E-state index >= 15 is 0 Å². The van der Waals surface area contributed by atoms with Gasteiger partial charge in [0.05, 0.1) is 10.6 Å². The molecule has 1 fully saturated rings. The van der Waals surface area contributed by atoms with Crippen LogP contribution >= 0.6 is 0 Å². The molecule has 0 saturated carbocycles. The summed E-state index contributed by atoms with van der Waals surface area (Å²) in [5.74, 6) is -0.599. The molecule has 4 N–H and O–H groups in total. The van der Waals surface area contributed by atoms with E-state index in [0.29, 0.717) is 18.8 Å². The zero-order valence-corrected chi connectivity index (χ0v) is 9.24. The van der Waals surface area contributed by atoms with Crippen LogP contribution < -0.4 is 15.8 Å². The highest BCUT2D eigenvalue weighted by molar-refractivity contribution is 7.89.